The molecule has 0 fully saturated rings. The fraction of sp³-hybridized carbons (Fsp3) is 0. The van der Waals surface area contributed by atoms with Crippen LogP contribution in [0.2, 0.25) is 0 Å². The Labute approximate surface area is 50.6 Å². The Morgan fingerprint density at radius 2 is 0.571 bits per heavy atom. The summed E-state index contributed by atoms with van der Waals surface area (Å²) in [4.78, 5) is 0. The van der Waals surface area contributed by atoms with Crippen molar-refractivity contribution in [3.05, 3.63) is 36.4 Å². The average Bonchev–Trinajstić information content (AvgIpc) is 1.72. The van der Waals surface area contributed by atoms with Gasteiger partial charge in [0.1, 0.15) is 0 Å². The molecule has 0 atom stereocenters. The highest BCUT2D eigenvalue weighted by atomic mass is 32.1. The number of rotatable bonds is 0. The molecule has 0 saturated carbocycles. The van der Waals surface area contributed by atoms with Gasteiger partial charge in [-0.05, 0) is 0 Å². The summed E-state index contributed by atoms with van der Waals surface area (Å²) in [5.41, 5.74) is 0. The molecule has 0 heterocycles. The van der Waals surface area contributed by atoms with Gasteiger partial charge in [-0.2, -0.15) is 13.5 Å². The second-order valence-electron chi connectivity index (χ2n) is 1.15. The molecule has 1 aromatic rings. The maximum absolute atomic E-state index is 2.00. The van der Waals surface area contributed by atoms with Gasteiger partial charge in [0, 0.05) is 0 Å². The first-order chi connectivity index (χ1) is 3.00. The van der Waals surface area contributed by atoms with E-state index >= 15 is 0 Å². The zero-order valence-electron chi connectivity index (χ0n) is 3.96. The van der Waals surface area contributed by atoms with Crippen LogP contribution >= 0.6 is 13.5 Å². The van der Waals surface area contributed by atoms with E-state index < -0.39 is 0 Å². The largest absolute Gasteiger partial charge is 0.197 e. The summed E-state index contributed by atoms with van der Waals surface area (Å²) in [6.07, 6.45) is 0. The first-order valence-electron chi connectivity index (χ1n) is 2.00. The zero-order chi connectivity index (χ0) is 4.24. The first-order valence-corrected chi connectivity index (χ1v) is 2.00. The summed E-state index contributed by atoms with van der Waals surface area (Å²) >= 11 is 0. The molecule has 0 aliphatic rings. The van der Waals surface area contributed by atoms with Crippen molar-refractivity contribution in [1.29, 1.82) is 0 Å². The Kier molecular flexibility index (Phi) is 3.52. The maximum atomic E-state index is 2.00. The lowest BCUT2D eigenvalue weighted by Crippen LogP contribution is -1.47. The molecule has 1 aromatic carbocycles. The Balaban J connectivity index is 0.000000360. The highest BCUT2D eigenvalue weighted by Crippen LogP contribution is 1.79. The van der Waals surface area contributed by atoms with E-state index in [0.717, 1.165) is 0 Å². The molecule has 38 valence electrons. The van der Waals surface area contributed by atoms with E-state index in [1.165, 1.54) is 0 Å². The van der Waals surface area contributed by atoms with Gasteiger partial charge in [0.2, 0.25) is 0 Å². The molecule has 0 bridgehead atoms. The van der Waals surface area contributed by atoms with Crippen LogP contribution in [0.4, 0.5) is 0 Å². The Hall–Kier alpha value is -0.430. The van der Waals surface area contributed by atoms with Crippen molar-refractivity contribution in [3.8, 4) is 0 Å². The monoisotopic (exact) mass is 112 g/mol. The van der Waals surface area contributed by atoms with Gasteiger partial charge >= 0.3 is 0 Å². The number of hydrogen-bond donors (Lipinski definition) is 0. The molecule has 0 aliphatic heterocycles. The van der Waals surface area contributed by atoms with Crippen molar-refractivity contribution in [2.75, 3.05) is 0 Å². The minimum Gasteiger partial charge on any atom is -0.197 e. The van der Waals surface area contributed by atoms with E-state index in [4.69, 9.17) is 0 Å². The van der Waals surface area contributed by atoms with E-state index in [2.05, 4.69) is 0 Å². The lowest BCUT2D eigenvalue weighted by atomic mass is 10.4. The lowest BCUT2D eigenvalue weighted by molar-refractivity contribution is 1.72. The second-order valence-corrected chi connectivity index (χ2v) is 1.15. The van der Waals surface area contributed by atoms with Gasteiger partial charge in [-0.1, -0.05) is 36.4 Å². The quantitative estimate of drug-likeness (QED) is 0.480. The third-order valence-electron chi connectivity index (χ3n) is 0.667. The standard InChI is InChI=1S/C6H6.H2S/c1-2-4-6-5-3-1;/h1-6H;1H2. The van der Waals surface area contributed by atoms with Crippen LogP contribution < -0.4 is 0 Å². The molecule has 0 N–H and O–H groups in total. The van der Waals surface area contributed by atoms with Crippen LogP contribution in [0.25, 0.3) is 0 Å². The highest BCUT2D eigenvalue weighted by Gasteiger charge is 1.57. The van der Waals surface area contributed by atoms with E-state index in [1.807, 2.05) is 36.4 Å². The molecule has 0 unspecified atom stereocenters. The molecular formula is C6H8S. The van der Waals surface area contributed by atoms with Crippen LogP contribution in [0.5, 0.6) is 0 Å². The molecule has 0 aliphatic carbocycles. The van der Waals surface area contributed by atoms with E-state index in [0.29, 0.717) is 0 Å². The van der Waals surface area contributed by atoms with Crippen molar-refractivity contribution in [3.63, 3.8) is 0 Å². The van der Waals surface area contributed by atoms with Gasteiger partial charge in [0.25, 0.3) is 0 Å². The van der Waals surface area contributed by atoms with Gasteiger partial charge in [-0.25, -0.2) is 0 Å². The third kappa shape index (κ3) is 2.29. The summed E-state index contributed by atoms with van der Waals surface area (Å²) in [5, 5.41) is 0. The maximum Gasteiger partial charge on any atom is -0.0623 e. The van der Waals surface area contributed by atoms with Gasteiger partial charge in [-0.3, -0.25) is 0 Å². The van der Waals surface area contributed by atoms with Crippen molar-refractivity contribution in [2.45, 2.75) is 0 Å². The predicted octanol–water partition coefficient (Wildman–Crippen LogP) is 1.80. The highest BCUT2D eigenvalue weighted by molar-refractivity contribution is 7.59. The summed E-state index contributed by atoms with van der Waals surface area (Å²) in [6.45, 7) is 0. The fourth-order valence-electron chi connectivity index (χ4n) is 0.385. The zero-order valence-corrected chi connectivity index (χ0v) is 4.96. The predicted molar refractivity (Wildman–Crippen MR) is 36.8 cm³/mol. The van der Waals surface area contributed by atoms with Crippen LogP contribution in [0.1, 0.15) is 0 Å². The van der Waals surface area contributed by atoms with Gasteiger partial charge in [0.15, 0.2) is 0 Å². The van der Waals surface area contributed by atoms with Crippen molar-refractivity contribution < 1.29 is 0 Å². The van der Waals surface area contributed by atoms with Crippen LogP contribution in [0.3, 0.4) is 0 Å². The molecule has 0 amide bonds. The van der Waals surface area contributed by atoms with E-state index in [-0.39, 0.29) is 13.5 Å². The van der Waals surface area contributed by atoms with Gasteiger partial charge < -0.3 is 0 Å². The summed E-state index contributed by atoms with van der Waals surface area (Å²) < 4.78 is 0. The summed E-state index contributed by atoms with van der Waals surface area (Å²) in [6, 6.07) is 12.0. The second kappa shape index (κ2) is 3.75. The van der Waals surface area contributed by atoms with E-state index in [1.54, 1.807) is 0 Å². The third-order valence-corrected chi connectivity index (χ3v) is 0.667. The van der Waals surface area contributed by atoms with Crippen molar-refractivity contribution >= 4 is 13.5 Å². The van der Waals surface area contributed by atoms with Crippen LogP contribution in [-0.4, -0.2) is 0 Å². The molecule has 0 radical (unpaired) electrons. The molecule has 0 aromatic heterocycles. The van der Waals surface area contributed by atoms with Gasteiger partial charge in [-0.15, -0.1) is 0 Å². The average molecular weight is 112 g/mol. The Bertz CT molecular complexity index is 76.1. The summed E-state index contributed by atoms with van der Waals surface area (Å²) in [5.74, 6) is 0. The molecule has 7 heavy (non-hydrogen) atoms. The topological polar surface area (TPSA) is 0 Å². The molecule has 1 rings (SSSR count). The molecule has 0 spiro atoms. The Morgan fingerprint density at radius 1 is 0.429 bits per heavy atom. The Morgan fingerprint density at radius 3 is 0.714 bits per heavy atom. The molecule has 1 heteroatoms. The minimum absolute atomic E-state index is 0. The minimum atomic E-state index is 0. The summed E-state index contributed by atoms with van der Waals surface area (Å²) in [7, 11) is 0. The normalized spacial score (nSPS) is 6.86. The number of benzene rings is 1. The van der Waals surface area contributed by atoms with Crippen molar-refractivity contribution in [1.82, 2.24) is 0 Å². The SMILES string of the molecule is S.c1ccccc1. The fourth-order valence-corrected chi connectivity index (χ4v) is 0.385. The van der Waals surface area contributed by atoms with Crippen LogP contribution in [0, 0.1) is 0 Å². The smallest absolute Gasteiger partial charge is 0.0623 e. The molecule has 0 nitrogen and oxygen atoms in total. The molecule has 0 saturated heterocycles. The molecular weight excluding hydrogens is 104 g/mol. The van der Waals surface area contributed by atoms with Crippen molar-refractivity contribution in [2.24, 2.45) is 0 Å². The van der Waals surface area contributed by atoms with Crippen LogP contribution in [0.15, 0.2) is 36.4 Å². The van der Waals surface area contributed by atoms with Gasteiger partial charge in [0.05, 0.1) is 0 Å². The van der Waals surface area contributed by atoms with E-state index in [9.17, 15) is 0 Å². The first kappa shape index (κ1) is 6.57. The number of hydrogen-bond acceptors (Lipinski definition) is 0. The lowest BCUT2D eigenvalue weighted by Gasteiger charge is -1.69. The van der Waals surface area contributed by atoms with Crippen LogP contribution in [-0.2, 0) is 0 Å².